The van der Waals surface area contributed by atoms with Crippen molar-refractivity contribution in [3.8, 4) is 0 Å². The van der Waals surface area contributed by atoms with E-state index in [1.165, 1.54) is 19.3 Å². The van der Waals surface area contributed by atoms with Crippen LogP contribution in [0.15, 0.2) is 0 Å². The van der Waals surface area contributed by atoms with Gasteiger partial charge in [0.2, 0.25) is 11.8 Å². The number of amides is 2. The molecule has 1 heterocycles. The summed E-state index contributed by atoms with van der Waals surface area (Å²) in [6.45, 7) is 7.91. The van der Waals surface area contributed by atoms with Gasteiger partial charge in [0, 0.05) is 26.1 Å². The molecule has 4 aliphatic carbocycles. The molecule has 23 heavy (non-hydrogen) atoms. The van der Waals surface area contributed by atoms with Gasteiger partial charge >= 0.3 is 0 Å². The number of carbonyl (C=O) groups is 2. The van der Waals surface area contributed by atoms with Gasteiger partial charge in [0.05, 0.1) is 5.41 Å². The highest BCUT2D eigenvalue weighted by atomic mass is 16.2. The quantitative estimate of drug-likeness (QED) is 0.851. The lowest BCUT2D eigenvalue weighted by atomic mass is 9.40. The zero-order valence-electron chi connectivity index (χ0n) is 14.8. The first kappa shape index (κ1) is 15.5. The fourth-order valence-corrected chi connectivity index (χ4v) is 7.37. The summed E-state index contributed by atoms with van der Waals surface area (Å²) in [7, 11) is 0. The molecule has 4 bridgehead atoms. The molecule has 1 N–H and O–H groups in total. The van der Waals surface area contributed by atoms with Gasteiger partial charge in [-0.2, -0.15) is 0 Å². The maximum absolute atomic E-state index is 13.4. The van der Waals surface area contributed by atoms with Crippen molar-refractivity contribution in [2.75, 3.05) is 13.1 Å². The average molecular weight is 318 g/mol. The first-order valence-corrected chi connectivity index (χ1v) is 9.28. The fourth-order valence-electron chi connectivity index (χ4n) is 7.37. The van der Waals surface area contributed by atoms with Crippen LogP contribution in [0.4, 0.5) is 0 Å². The molecule has 5 fully saturated rings. The van der Waals surface area contributed by atoms with Gasteiger partial charge in [0.15, 0.2) is 0 Å². The smallest absolute Gasteiger partial charge is 0.228 e. The zero-order valence-corrected chi connectivity index (χ0v) is 14.8. The van der Waals surface area contributed by atoms with E-state index in [0.717, 1.165) is 38.1 Å². The van der Waals surface area contributed by atoms with Crippen LogP contribution < -0.4 is 5.32 Å². The normalized spacial score (nSPS) is 47.9. The third-order valence-corrected chi connectivity index (χ3v) is 6.96. The summed E-state index contributed by atoms with van der Waals surface area (Å²) in [5.74, 6) is 1.16. The van der Waals surface area contributed by atoms with Crippen LogP contribution >= 0.6 is 0 Å². The van der Waals surface area contributed by atoms with E-state index < -0.39 is 0 Å². The van der Waals surface area contributed by atoms with Crippen molar-refractivity contribution in [2.45, 2.75) is 71.8 Å². The van der Waals surface area contributed by atoms with E-state index in [1.807, 2.05) is 0 Å². The Morgan fingerprint density at radius 3 is 2.26 bits per heavy atom. The summed E-state index contributed by atoms with van der Waals surface area (Å²) >= 11 is 0. The monoisotopic (exact) mass is 318 g/mol. The Balaban J connectivity index is 1.54. The number of likely N-dealkylation sites (tertiary alicyclic amines) is 1. The average Bonchev–Trinajstić information content (AvgIpc) is 2.80. The Labute approximate surface area is 139 Å². The fraction of sp³-hybridized carbons (Fsp3) is 0.895. The molecule has 4 nitrogen and oxygen atoms in total. The predicted octanol–water partition coefficient (Wildman–Crippen LogP) is 2.72. The van der Waals surface area contributed by atoms with Crippen LogP contribution in [-0.2, 0) is 9.59 Å². The Kier molecular flexibility index (Phi) is 3.18. The summed E-state index contributed by atoms with van der Waals surface area (Å²) in [5, 5.41) is 2.98. The van der Waals surface area contributed by atoms with E-state index >= 15 is 0 Å². The Morgan fingerprint density at radius 2 is 1.70 bits per heavy atom. The second-order valence-corrected chi connectivity index (χ2v) is 9.85. The van der Waals surface area contributed by atoms with Crippen molar-refractivity contribution in [2.24, 2.45) is 22.2 Å². The first-order valence-electron chi connectivity index (χ1n) is 9.28. The van der Waals surface area contributed by atoms with Crippen LogP contribution in [-0.4, -0.2) is 35.8 Å². The van der Waals surface area contributed by atoms with Crippen molar-refractivity contribution in [3.05, 3.63) is 0 Å². The maximum Gasteiger partial charge on any atom is 0.228 e. The zero-order chi connectivity index (χ0) is 16.5. The van der Waals surface area contributed by atoms with Crippen molar-refractivity contribution in [3.63, 3.8) is 0 Å². The summed E-state index contributed by atoms with van der Waals surface area (Å²) < 4.78 is 0. The van der Waals surface area contributed by atoms with Crippen LogP contribution in [0.1, 0.15) is 65.7 Å². The minimum absolute atomic E-state index is 0.0131. The third-order valence-electron chi connectivity index (χ3n) is 6.96. The Hall–Kier alpha value is -1.06. The van der Waals surface area contributed by atoms with Gasteiger partial charge in [-0.05, 0) is 61.7 Å². The van der Waals surface area contributed by atoms with E-state index in [9.17, 15) is 9.59 Å². The molecular formula is C19H30N2O2. The second-order valence-electron chi connectivity index (χ2n) is 9.85. The molecule has 5 rings (SSSR count). The Morgan fingerprint density at radius 1 is 1.04 bits per heavy atom. The highest BCUT2D eigenvalue weighted by Crippen LogP contribution is 2.69. The molecule has 1 saturated heterocycles. The van der Waals surface area contributed by atoms with Gasteiger partial charge < -0.3 is 10.2 Å². The minimum Gasteiger partial charge on any atom is -0.352 e. The van der Waals surface area contributed by atoms with E-state index in [4.69, 9.17) is 0 Å². The highest BCUT2D eigenvalue weighted by Gasteiger charge is 2.63. The molecular weight excluding hydrogens is 288 g/mol. The van der Waals surface area contributed by atoms with E-state index in [0.29, 0.717) is 23.3 Å². The molecule has 1 aliphatic heterocycles. The molecule has 0 radical (unpaired) electrons. The number of hydrogen-bond donors (Lipinski definition) is 1. The largest absolute Gasteiger partial charge is 0.352 e. The van der Waals surface area contributed by atoms with Gasteiger partial charge in [-0.1, -0.05) is 13.8 Å². The van der Waals surface area contributed by atoms with Crippen LogP contribution in [0, 0.1) is 22.2 Å². The number of nitrogens with zero attached hydrogens (tertiary/aromatic N) is 1. The van der Waals surface area contributed by atoms with Gasteiger partial charge in [0.1, 0.15) is 0 Å². The predicted molar refractivity (Wildman–Crippen MR) is 88.6 cm³/mol. The molecule has 0 aromatic rings. The highest BCUT2D eigenvalue weighted by molar-refractivity contribution is 5.84. The van der Waals surface area contributed by atoms with Crippen LogP contribution in [0.2, 0.25) is 0 Å². The van der Waals surface area contributed by atoms with E-state index in [1.54, 1.807) is 6.92 Å². The number of nitrogens with one attached hydrogen (secondary N) is 1. The van der Waals surface area contributed by atoms with Crippen LogP contribution in [0.5, 0.6) is 0 Å². The molecule has 0 unspecified atom stereocenters. The topological polar surface area (TPSA) is 49.4 Å². The molecule has 3 atom stereocenters. The molecule has 0 spiro atoms. The summed E-state index contributed by atoms with van der Waals surface area (Å²) in [6.07, 6.45) is 8.15. The third kappa shape index (κ3) is 2.49. The molecule has 4 saturated carbocycles. The molecule has 5 aliphatic rings. The maximum atomic E-state index is 13.4. The van der Waals surface area contributed by atoms with Gasteiger partial charge in [-0.15, -0.1) is 0 Å². The lowest BCUT2D eigenvalue weighted by Crippen LogP contribution is -2.60. The number of carbonyl (C=O) groups excluding carboxylic acids is 2. The lowest BCUT2D eigenvalue weighted by Gasteiger charge is -2.65. The Bertz CT molecular complexity index is 540. The van der Waals surface area contributed by atoms with Gasteiger partial charge in [-0.25, -0.2) is 0 Å². The first-order chi connectivity index (χ1) is 10.7. The van der Waals surface area contributed by atoms with Gasteiger partial charge in [0.25, 0.3) is 0 Å². The number of rotatable bonds is 2. The number of hydrogen-bond acceptors (Lipinski definition) is 2. The molecule has 4 heteroatoms. The van der Waals surface area contributed by atoms with Crippen LogP contribution in [0.25, 0.3) is 0 Å². The second kappa shape index (κ2) is 4.73. The van der Waals surface area contributed by atoms with E-state index in [2.05, 4.69) is 24.1 Å². The molecule has 2 amide bonds. The standard InChI is InChI=1S/C19H30N2O2/c1-13(22)20-15-4-5-21(9-15)16(23)19-8-14-6-17(2,11-19)10-18(3,7-14)12-19/h14-15H,4-12H2,1-3H3,(H,20,22)/t14?,15-,17-,18-,19?/m0/s1. The van der Waals surface area contributed by atoms with Crippen molar-refractivity contribution >= 4 is 11.8 Å². The van der Waals surface area contributed by atoms with Gasteiger partial charge in [-0.3, -0.25) is 9.59 Å². The molecule has 0 aromatic heterocycles. The SMILES string of the molecule is CC(=O)N[C@H]1CCN(C(=O)C23CC4C[C@](C)(C2)C[C@](C)(C4)C3)C1. The summed E-state index contributed by atoms with van der Waals surface area (Å²) in [6, 6.07) is 0.150. The van der Waals surface area contributed by atoms with E-state index in [-0.39, 0.29) is 17.4 Å². The molecule has 0 aromatic carbocycles. The lowest BCUT2D eigenvalue weighted by molar-refractivity contribution is -0.178. The molecule has 128 valence electrons. The summed E-state index contributed by atoms with van der Waals surface area (Å²) in [4.78, 5) is 26.8. The minimum atomic E-state index is -0.103. The summed E-state index contributed by atoms with van der Waals surface area (Å²) in [5.41, 5.74) is 0.648. The van der Waals surface area contributed by atoms with Crippen molar-refractivity contribution in [1.82, 2.24) is 10.2 Å². The van der Waals surface area contributed by atoms with Crippen molar-refractivity contribution < 1.29 is 9.59 Å². The van der Waals surface area contributed by atoms with Crippen LogP contribution in [0.3, 0.4) is 0 Å². The van der Waals surface area contributed by atoms with Crippen molar-refractivity contribution in [1.29, 1.82) is 0 Å².